The predicted molar refractivity (Wildman–Crippen MR) is 122 cm³/mol. The molecule has 4 aromatic rings. The van der Waals surface area contributed by atoms with E-state index in [1.165, 1.54) is 16.3 Å². The Balaban J connectivity index is 1.83. The van der Waals surface area contributed by atoms with Crippen molar-refractivity contribution in [3.8, 4) is 22.4 Å². The van der Waals surface area contributed by atoms with E-state index >= 15 is 0 Å². The highest BCUT2D eigenvalue weighted by Gasteiger charge is 2.13. The number of nitrogens with zero attached hydrogens (tertiary/aromatic N) is 2. The smallest absolute Gasteiger partial charge is 0.163 e. The second-order valence-electron chi connectivity index (χ2n) is 8.73. The molecule has 0 saturated carbocycles. The van der Waals surface area contributed by atoms with Crippen molar-refractivity contribution in [1.82, 2.24) is 9.97 Å². The van der Waals surface area contributed by atoms with E-state index in [2.05, 4.69) is 88.2 Å². The summed E-state index contributed by atoms with van der Waals surface area (Å²) < 4.78 is 0. The number of hydrogen-bond acceptors (Lipinski definition) is 2. The summed E-state index contributed by atoms with van der Waals surface area (Å²) in [6, 6.07) is 21.6. The largest absolute Gasteiger partial charge is 0.264 e. The first-order valence-electron chi connectivity index (χ1n) is 9.80. The molecule has 0 radical (unpaired) electrons. The van der Waals surface area contributed by atoms with E-state index in [0.717, 1.165) is 34.4 Å². The van der Waals surface area contributed by atoms with Gasteiger partial charge in [0.1, 0.15) is 0 Å². The Hall–Kier alpha value is -2.94. The molecule has 4 rings (SSSR count). The quantitative estimate of drug-likeness (QED) is 0.488. The van der Waals surface area contributed by atoms with Crippen molar-refractivity contribution in [2.24, 2.45) is 5.41 Å². The summed E-state index contributed by atoms with van der Waals surface area (Å²) in [6.45, 7) is 6.85. The number of hydrogen-bond donors (Lipinski definition) is 0. The van der Waals surface area contributed by atoms with Crippen molar-refractivity contribution in [2.45, 2.75) is 27.2 Å². The van der Waals surface area contributed by atoms with Crippen molar-refractivity contribution in [3.63, 3.8) is 0 Å². The van der Waals surface area contributed by atoms with Gasteiger partial charge in [-0.1, -0.05) is 63.2 Å². The highest BCUT2D eigenvalue weighted by Crippen LogP contribution is 2.31. The molecule has 2 nitrogen and oxygen atoms in total. The highest BCUT2D eigenvalue weighted by atomic mass is 14.7. The Bertz CT molecular complexity index is 1130. The lowest BCUT2D eigenvalue weighted by Crippen LogP contribution is -2.11. The first kappa shape index (κ1) is 18.4. The molecule has 0 aliphatic heterocycles. The maximum atomic E-state index is 4.89. The monoisotopic (exact) mass is 364 g/mol. The van der Waals surface area contributed by atoms with Crippen molar-refractivity contribution in [2.75, 3.05) is 0 Å². The second kappa shape index (κ2) is 7.24. The van der Waals surface area contributed by atoms with Crippen LogP contribution < -0.4 is 5.59 Å². The Morgan fingerprint density at radius 1 is 0.857 bits per heavy atom. The van der Waals surface area contributed by atoms with Crippen LogP contribution in [0.1, 0.15) is 26.3 Å². The summed E-state index contributed by atoms with van der Waals surface area (Å²) in [5.41, 5.74) is 7.15. The van der Waals surface area contributed by atoms with Crippen LogP contribution in [0.3, 0.4) is 0 Å². The fourth-order valence-corrected chi connectivity index (χ4v) is 3.76. The molecule has 2 heterocycles. The van der Waals surface area contributed by atoms with Gasteiger partial charge < -0.3 is 0 Å². The molecule has 3 heteroatoms. The summed E-state index contributed by atoms with van der Waals surface area (Å²) in [5, 5.41) is 2.46. The Kier molecular flexibility index (Phi) is 4.76. The highest BCUT2D eigenvalue weighted by molar-refractivity contribution is 6.32. The van der Waals surface area contributed by atoms with Crippen LogP contribution in [0.2, 0.25) is 0 Å². The third-order valence-corrected chi connectivity index (χ3v) is 4.89. The van der Waals surface area contributed by atoms with Crippen LogP contribution in [0.4, 0.5) is 0 Å². The summed E-state index contributed by atoms with van der Waals surface area (Å²) >= 11 is 0. The van der Waals surface area contributed by atoms with E-state index in [1.54, 1.807) is 6.20 Å². The first-order valence-corrected chi connectivity index (χ1v) is 9.80. The molecule has 138 valence electrons. The minimum Gasteiger partial charge on any atom is -0.264 e. The van der Waals surface area contributed by atoms with Crippen molar-refractivity contribution in [1.29, 1.82) is 0 Å². The van der Waals surface area contributed by atoms with Gasteiger partial charge >= 0.3 is 0 Å². The average molecular weight is 364 g/mol. The van der Waals surface area contributed by atoms with Gasteiger partial charge in [0.15, 0.2) is 7.85 Å². The second-order valence-corrected chi connectivity index (χ2v) is 8.73. The van der Waals surface area contributed by atoms with Gasteiger partial charge in [-0.3, -0.25) is 9.97 Å². The zero-order valence-corrected chi connectivity index (χ0v) is 17.0. The number of benzene rings is 2. The van der Waals surface area contributed by atoms with Crippen LogP contribution in [-0.2, 0) is 6.42 Å². The molecular weight excluding hydrogens is 339 g/mol. The molecular formula is C25H25BN2. The Morgan fingerprint density at radius 2 is 1.64 bits per heavy atom. The third-order valence-electron chi connectivity index (χ3n) is 4.89. The van der Waals surface area contributed by atoms with Crippen molar-refractivity contribution < 1.29 is 0 Å². The van der Waals surface area contributed by atoms with Gasteiger partial charge in [-0.2, -0.15) is 0 Å². The average Bonchev–Trinajstić information content (AvgIpc) is 2.66. The number of pyridine rings is 2. The minimum atomic E-state index is 0.274. The van der Waals surface area contributed by atoms with Crippen LogP contribution in [0.5, 0.6) is 0 Å². The Morgan fingerprint density at radius 3 is 2.39 bits per heavy atom. The van der Waals surface area contributed by atoms with Gasteiger partial charge in [-0.15, -0.1) is 0 Å². The van der Waals surface area contributed by atoms with Gasteiger partial charge in [-0.25, -0.2) is 0 Å². The van der Waals surface area contributed by atoms with E-state index in [1.807, 2.05) is 12.3 Å². The fourth-order valence-electron chi connectivity index (χ4n) is 3.76. The molecule has 2 aromatic heterocycles. The molecule has 0 aliphatic carbocycles. The molecule has 0 spiro atoms. The lowest BCUT2D eigenvalue weighted by atomic mass is 9.87. The maximum Gasteiger partial charge on any atom is 0.163 e. The number of rotatable bonds is 3. The molecule has 2 aromatic carbocycles. The zero-order chi connectivity index (χ0) is 19.7. The molecule has 0 N–H and O–H groups in total. The van der Waals surface area contributed by atoms with Crippen LogP contribution in [0, 0.1) is 5.41 Å². The van der Waals surface area contributed by atoms with E-state index in [4.69, 9.17) is 4.98 Å². The van der Waals surface area contributed by atoms with E-state index in [9.17, 15) is 0 Å². The lowest BCUT2D eigenvalue weighted by molar-refractivity contribution is 0.411. The molecule has 28 heavy (non-hydrogen) atoms. The van der Waals surface area contributed by atoms with E-state index in [-0.39, 0.29) is 5.41 Å². The molecule has 0 saturated heterocycles. The van der Waals surface area contributed by atoms with Gasteiger partial charge in [-0.05, 0) is 52.1 Å². The minimum absolute atomic E-state index is 0.274. The summed E-state index contributed by atoms with van der Waals surface area (Å²) in [6.07, 6.45) is 4.77. The molecule has 0 fully saturated rings. The predicted octanol–water partition coefficient (Wildman–Crippen LogP) is 4.81. The third kappa shape index (κ3) is 3.99. The Labute approximate surface area is 168 Å². The topological polar surface area (TPSA) is 25.8 Å². The normalized spacial score (nSPS) is 11.7. The van der Waals surface area contributed by atoms with E-state index in [0.29, 0.717) is 0 Å². The van der Waals surface area contributed by atoms with Crippen molar-refractivity contribution >= 4 is 24.2 Å². The fraction of sp³-hybridized carbons (Fsp3) is 0.200. The standard InChI is InChI=1S/C25H25BN2/c1-25(2,3)15-17-9-10-22-21(12-17)14-23(26)28-24(22)19-7-4-6-18(13-19)20-8-5-11-27-16-20/h4-14,16H,15,26H2,1-3H3. The zero-order valence-electron chi connectivity index (χ0n) is 17.0. The molecule has 0 aliphatic rings. The van der Waals surface area contributed by atoms with Gasteiger partial charge in [0.05, 0.1) is 5.69 Å². The SMILES string of the molecule is Bc1cc2cc(CC(C)(C)C)ccc2c(-c2cccc(-c3cccnc3)c2)n1. The number of aromatic nitrogens is 2. The summed E-state index contributed by atoms with van der Waals surface area (Å²) in [4.78, 5) is 9.15. The van der Waals surface area contributed by atoms with E-state index < -0.39 is 0 Å². The molecule has 0 atom stereocenters. The van der Waals surface area contributed by atoms with Crippen LogP contribution in [-0.4, -0.2) is 17.8 Å². The van der Waals surface area contributed by atoms with Crippen LogP contribution in [0.25, 0.3) is 33.2 Å². The van der Waals surface area contributed by atoms with Crippen LogP contribution >= 0.6 is 0 Å². The lowest BCUT2D eigenvalue weighted by Gasteiger charge is -2.19. The maximum absolute atomic E-state index is 4.89. The van der Waals surface area contributed by atoms with Crippen molar-refractivity contribution in [3.05, 3.63) is 78.6 Å². The van der Waals surface area contributed by atoms with Crippen LogP contribution in [0.15, 0.2) is 73.1 Å². The first-order chi connectivity index (χ1) is 13.4. The van der Waals surface area contributed by atoms with Gasteiger partial charge in [0, 0.05) is 28.9 Å². The van der Waals surface area contributed by atoms with Gasteiger partial charge in [0.2, 0.25) is 0 Å². The number of fused-ring (bicyclic) bond motifs is 1. The molecule has 0 bridgehead atoms. The summed E-state index contributed by atoms with van der Waals surface area (Å²) in [5.74, 6) is 0. The van der Waals surface area contributed by atoms with Gasteiger partial charge in [0.25, 0.3) is 0 Å². The molecule has 0 unspecified atom stereocenters. The summed E-state index contributed by atoms with van der Waals surface area (Å²) in [7, 11) is 2.07. The molecule has 0 amide bonds.